The van der Waals surface area contributed by atoms with Crippen molar-refractivity contribution in [3.8, 4) is 0 Å². The van der Waals surface area contributed by atoms with E-state index in [1.165, 1.54) is 0 Å². The third kappa shape index (κ3) is 5.27. The Kier molecular flexibility index (Phi) is 6.95. The average molecular weight is 418 g/mol. The van der Waals surface area contributed by atoms with E-state index in [0.29, 0.717) is 17.1 Å². The van der Waals surface area contributed by atoms with E-state index in [4.69, 9.17) is 11.6 Å². The largest absolute Gasteiger partial charge is 0.355 e. The first-order chi connectivity index (χ1) is 13.5. The summed E-state index contributed by atoms with van der Waals surface area (Å²) < 4.78 is 0. The van der Waals surface area contributed by atoms with E-state index in [1.807, 2.05) is 30.3 Å². The van der Waals surface area contributed by atoms with Crippen LogP contribution in [0.15, 0.2) is 59.5 Å². The quantitative estimate of drug-likeness (QED) is 0.393. The highest BCUT2D eigenvalue weighted by Gasteiger charge is 2.39. The summed E-state index contributed by atoms with van der Waals surface area (Å²) in [5.41, 5.74) is 0.677. The minimum atomic E-state index is -0.850. The molecule has 1 atom stereocenters. The van der Waals surface area contributed by atoms with Crippen LogP contribution in [0.25, 0.3) is 0 Å². The predicted molar refractivity (Wildman–Crippen MR) is 109 cm³/mol. The van der Waals surface area contributed by atoms with E-state index in [-0.39, 0.29) is 18.9 Å². The first-order valence-corrected chi connectivity index (χ1v) is 10.2. The highest BCUT2D eigenvalue weighted by molar-refractivity contribution is 7.99. The van der Waals surface area contributed by atoms with Gasteiger partial charge in [-0.05, 0) is 23.8 Å². The predicted octanol–water partition coefficient (Wildman–Crippen LogP) is 3.06. The van der Waals surface area contributed by atoms with Gasteiger partial charge in [-0.1, -0.05) is 48.0 Å². The molecule has 1 heterocycles. The zero-order valence-corrected chi connectivity index (χ0v) is 16.6. The van der Waals surface area contributed by atoms with Crippen molar-refractivity contribution < 1.29 is 14.4 Å². The molecule has 0 aliphatic carbocycles. The fourth-order valence-electron chi connectivity index (χ4n) is 2.80. The van der Waals surface area contributed by atoms with Crippen LogP contribution in [0.4, 0.5) is 4.79 Å². The second-order valence-corrected chi connectivity index (χ2v) is 7.81. The van der Waals surface area contributed by atoms with Gasteiger partial charge in [0.1, 0.15) is 6.04 Å². The number of imide groups is 1. The maximum atomic E-state index is 12.5. The summed E-state index contributed by atoms with van der Waals surface area (Å²) >= 11 is 7.74. The number of amides is 4. The van der Waals surface area contributed by atoms with Gasteiger partial charge in [-0.15, -0.1) is 11.8 Å². The number of rotatable bonds is 8. The minimum absolute atomic E-state index is 0.0795. The number of nitrogens with zero attached hydrogens (tertiary/aromatic N) is 1. The molecule has 2 aromatic carbocycles. The van der Waals surface area contributed by atoms with Gasteiger partial charge >= 0.3 is 6.03 Å². The van der Waals surface area contributed by atoms with Gasteiger partial charge in [-0.3, -0.25) is 14.5 Å². The van der Waals surface area contributed by atoms with Gasteiger partial charge < -0.3 is 10.6 Å². The van der Waals surface area contributed by atoms with Gasteiger partial charge in [-0.2, -0.15) is 0 Å². The van der Waals surface area contributed by atoms with Gasteiger partial charge in [-0.25, -0.2) is 4.79 Å². The molecule has 0 spiro atoms. The number of hydrogen-bond donors (Lipinski definition) is 2. The fraction of sp³-hybridized carbons (Fsp3) is 0.250. The number of benzene rings is 2. The molecule has 28 heavy (non-hydrogen) atoms. The van der Waals surface area contributed by atoms with Crippen molar-refractivity contribution in [2.45, 2.75) is 23.9 Å². The van der Waals surface area contributed by atoms with Crippen LogP contribution in [-0.4, -0.2) is 41.1 Å². The lowest BCUT2D eigenvalue weighted by molar-refractivity contribution is -0.131. The second-order valence-electron chi connectivity index (χ2n) is 6.23. The Labute approximate surface area is 172 Å². The third-order valence-corrected chi connectivity index (χ3v) is 5.60. The molecule has 3 rings (SSSR count). The lowest BCUT2D eigenvalue weighted by Gasteiger charge is -2.14. The van der Waals surface area contributed by atoms with Crippen LogP contribution >= 0.6 is 23.4 Å². The summed E-state index contributed by atoms with van der Waals surface area (Å²) in [6.45, 7) is 0.562. The Hall–Kier alpha value is -2.51. The van der Waals surface area contributed by atoms with E-state index in [9.17, 15) is 14.4 Å². The smallest absolute Gasteiger partial charge is 0.325 e. The van der Waals surface area contributed by atoms with Gasteiger partial charge in [0.15, 0.2) is 0 Å². The monoisotopic (exact) mass is 417 g/mol. The van der Waals surface area contributed by atoms with E-state index < -0.39 is 18.0 Å². The number of hydrogen-bond acceptors (Lipinski definition) is 4. The molecule has 0 bridgehead atoms. The normalized spacial score (nSPS) is 16.2. The van der Waals surface area contributed by atoms with Gasteiger partial charge in [0, 0.05) is 22.2 Å². The summed E-state index contributed by atoms with van der Waals surface area (Å²) in [6.07, 6.45) is -0.0837. The molecule has 1 aliphatic rings. The molecule has 1 aliphatic heterocycles. The molecule has 146 valence electrons. The van der Waals surface area contributed by atoms with Crippen LogP contribution in [0.1, 0.15) is 12.0 Å². The first-order valence-electron chi connectivity index (χ1n) is 8.84. The highest BCUT2D eigenvalue weighted by atomic mass is 35.5. The zero-order chi connectivity index (χ0) is 19.9. The van der Waals surface area contributed by atoms with Crippen LogP contribution in [0.2, 0.25) is 5.02 Å². The van der Waals surface area contributed by atoms with E-state index in [2.05, 4.69) is 10.6 Å². The van der Waals surface area contributed by atoms with Crippen LogP contribution in [0.5, 0.6) is 0 Å². The summed E-state index contributed by atoms with van der Waals surface area (Å²) in [5.74, 6) is 0.0324. The average Bonchev–Trinajstić information content (AvgIpc) is 2.95. The Morgan fingerprint density at radius 1 is 1.11 bits per heavy atom. The molecule has 0 radical (unpaired) electrons. The highest BCUT2D eigenvalue weighted by Crippen LogP contribution is 2.20. The molecule has 1 fully saturated rings. The summed E-state index contributed by atoms with van der Waals surface area (Å²) in [5, 5.41) is 5.84. The Morgan fingerprint density at radius 3 is 2.57 bits per heavy atom. The van der Waals surface area contributed by atoms with Crippen molar-refractivity contribution in [2.24, 2.45) is 0 Å². The van der Waals surface area contributed by atoms with Gasteiger partial charge in [0.2, 0.25) is 5.91 Å². The molecule has 2 aromatic rings. The number of nitrogens with one attached hydrogen (secondary N) is 2. The van der Waals surface area contributed by atoms with Crippen molar-refractivity contribution in [2.75, 3.05) is 12.3 Å². The molecule has 1 unspecified atom stereocenters. The van der Waals surface area contributed by atoms with Gasteiger partial charge in [0.05, 0.1) is 13.0 Å². The maximum absolute atomic E-state index is 12.5. The number of carbonyl (C=O) groups excluding carboxylic acids is 3. The van der Waals surface area contributed by atoms with Crippen LogP contribution < -0.4 is 10.6 Å². The molecule has 6 nitrogen and oxygen atoms in total. The van der Waals surface area contributed by atoms with Crippen molar-refractivity contribution in [3.05, 3.63) is 65.2 Å². The molecular weight excluding hydrogens is 398 g/mol. The topological polar surface area (TPSA) is 78.5 Å². The summed E-state index contributed by atoms with van der Waals surface area (Å²) in [7, 11) is 0. The van der Waals surface area contributed by atoms with Crippen molar-refractivity contribution in [3.63, 3.8) is 0 Å². The molecule has 0 saturated carbocycles. The van der Waals surface area contributed by atoms with Crippen LogP contribution in [-0.2, 0) is 16.1 Å². The molecular formula is C20H20ClN3O3S. The fourth-order valence-corrected chi connectivity index (χ4v) is 3.78. The molecule has 8 heteroatoms. The SMILES string of the molecule is O=C(CC1NC(=O)N(Cc2ccccc2Cl)C1=O)NCCSc1ccccc1. The van der Waals surface area contributed by atoms with Crippen LogP contribution in [0, 0.1) is 0 Å². The molecule has 4 amide bonds. The van der Waals surface area contributed by atoms with E-state index in [0.717, 1.165) is 15.5 Å². The second kappa shape index (κ2) is 9.61. The summed E-state index contributed by atoms with van der Waals surface area (Å²) in [4.78, 5) is 39.0. The zero-order valence-electron chi connectivity index (χ0n) is 15.1. The van der Waals surface area contributed by atoms with Crippen LogP contribution in [0.3, 0.4) is 0 Å². The maximum Gasteiger partial charge on any atom is 0.325 e. The standard InChI is InChI=1S/C20H20ClN3O3S/c21-16-9-5-4-6-14(16)13-24-19(26)17(23-20(24)27)12-18(25)22-10-11-28-15-7-2-1-3-8-15/h1-9,17H,10-13H2,(H,22,25)(H,23,27). The lowest BCUT2D eigenvalue weighted by atomic mass is 10.1. The molecule has 2 N–H and O–H groups in total. The van der Waals surface area contributed by atoms with E-state index in [1.54, 1.807) is 36.0 Å². The number of urea groups is 1. The molecule has 1 saturated heterocycles. The van der Waals surface area contributed by atoms with Crippen molar-refractivity contribution in [1.82, 2.24) is 15.5 Å². The summed E-state index contributed by atoms with van der Waals surface area (Å²) in [6, 6.07) is 15.6. The Morgan fingerprint density at radius 2 is 1.82 bits per heavy atom. The van der Waals surface area contributed by atoms with Crippen molar-refractivity contribution >= 4 is 41.2 Å². The Balaban J connectivity index is 1.45. The number of halogens is 1. The third-order valence-electron chi connectivity index (χ3n) is 4.22. The first kappa shape index (κ1) is 20.2. The molecule has 0 aromatic heterocycles. The minimum Gasteiger partial charge on any atom is -0.355 e. The number of carbonyl (C=O) groups is 3. The van der Waals surface area contributed by atoms with Crippen molar-refractivity contribution in [1.29, 1.82) is 0 Å². The lowest BCUT2D eigenvalue weighted by Crippen LogP contribution is -2.37. The Bertz CT molecular complexity index is 863. The van der Waals surface area contributed by atoms with Gasteiger partial charge in [0.25, 0.3) is 5.91 Å². The number of thioether (sulfide) groups is 1. The van der Waals surface area contributed by atoms with E-state index >= 15 is 0 Å².